The fourth-order valence-corrected chi connectivity index (χ4v) is 3.90. The van der Waals surface area contributed by atoms with Crippen LogP contribution in [0.15, 0.2) is 15.2 Å². The van der Waals surface area contributed by atoms with Crippen LogP contribution in [0.2, 0.25) is 0 Å². The number of hydrogen-bond acceptors (Lipinski definition) is 3. The molecule has 5 heteroatoms. The van der Waals surface area contributed by atoms with Gasteiger partial charge < -0.3 is 9.64 Å². The second-order valence-electron chi connectivity index (χ2n) is 4.55. The predicted octanol–water partition coefficient (Wildman–Crippen LogP) is 2.90. The van der Waals surface area contributed by atoms with E-state index in [9.17, 15) is 4.79 Å². The van der Waals surface area contributed by atoms with E-state index in [2.05, 4.69) is 15.9 Å². The maximum atomic E-state index is 12.4. The molecule has 1 aliphatic heterocycles. The minimum absolute atomic E-state index is 0.159. The van der Waals surface area contributed by atoms with Gasteiger partial charge in [-0.05, 0) is 41.3 Å². The van der Waals surface area contributed by atoms with E-state index < -0.39 is 0 Å². The van der Waals surface area contributed by atoms with Gasteiger partial charge in [-0.15, -0.1) is 11.3 Å². The summed E-state index contributed by atoms with van der Waals surface area (Å²) in [6, 6.07) is 2.21. The minimum Gasteiger partial charge on any atom is -0.374 e. The van der Waals surface area contributed by atoms with Crippen LogP contribution < -0.4 is 0 Å². The van der Waals surface area contributed by atoms with Crippen LogP contribution in [0.3, 0.4) is 0 Å². The van der Waals surface area contributed by atoms with E-state index in [1.54, 1.807) is 11.3 Å². The monoisotopic (exact) mass is 315 g/mol. The Hall–Kier alpha value is -0.390. The van der Waals surface area contributed by atoms with Crippen LogP contribution in [0.1, 0.15) is 29.6 Å². The highest BCUT2D eigenvalue weighted by Crippen LogP contribution is 2.31. The Morgan fingerprint density at radius 3 is 3.18 bits per heavy atom. The zero-order chi connectivity index (χ0) is 11.8. The lowest BCUT2D eigenvalue weighted by Crippen LogP contribution is -2.51. The maximum absolute atomic E-state index is 12.4. The molecule has 92 valence electrons. The van der Waals surface area contributed by atoms with Crippen LogP contribution in [-0.4, -0.2) is 36.1 Å². The molecule has 1 aromatic heterocycles. The Kier molecular flexibility index (Phi) is 3.23. The third-order valence-electron chi connectivity index (χ3n) is 3.56. The average molecular weight is 316 g/mol. The van der Waals surface area contributed by atoms with Gasteiger partial charge in [0.2, 0.25) is 0 Å². The molecule has 1 saturated carbocycles. The molecular weight excluding hydrogens is 302 g/mol. The molecule has 3 rings (SSSR count). The second-order valence-corrected chi connectivity index (χ2v) is 6.84. The van der Waals surface area contributed by atoms with Crippen LogP contribution >= 0.6 is 27.3 Å². The van der Waals surface area contributed by atoms with E-state index in [0.29, 0.717) is 12.6 Å². The molecule has 17 heavy (non-hydrogen) atoms. The number of ether oxygens (including phenoxy) is 1. The van der Waals surface area contributed by atoms with Gasteiger partial charge in [-0.25, -0.2) is 0 Å². The zero-order valence-corrected chi connectivity index (χ0v) is 11.8. The number of fused-ring (bicyclic) bond motifs is 1. The van der Waals surface area contributed by atoms with Gasteiger partial charge in [0.15, 0.2) is 0 Å². The minimum atomic E-state index is 0.159. The first-order chi connectivity index (χ1) is 8.25. The number of carbonyl (C=O) groups excluding carboxylic acids is 1. The normalized spacial score (nSPS) is 28.2. The maximum Gasteiger partial charge on any atom is 0.255 e. The molecule has 0 bridgehead atoms. The summed E-state index contributed by atoms with van der Waals surface area (Å²) in [5.74, 6) is 0.159. The van der Waals surface area contributed by atoms with Crippen LogP contribution in [-0.2, 0) is 4.74 Å². The van der Waals surface area contributed by atoms with Gasteiger partial charge in [0.05, 0.1) is 28.1 Å². The van der Waals surface area contributed by atoms with Gasteiger partial charge in [-0.1, -0.05) is 0 Å². The fourth-order valence-electron chi connectivity index (χ4n) is 2.77. The smallest absolute Gasteiger partial charge is 0.255 e. The molecule has 2 heterocycles. The van der Waals surface area contributed by atoms with Crippen molar-refractivity contribution in [2.45, 2.75) is 31.4 Å². The molecule has 2 atom stereocenters. The molecular formula is C12H14BrNO2S. The van der Waals surface area contributed by atoms with Gasteiger partial charge in [-0.2, -0.15) is 0 Å². The van der Waals surface area contributed by atoms with Gasteiger partial charge in [0.25, 0.3) is 5.91 Å². The molecule has 1 aliphatic carbocycles. The zero-order valence-electron chi connectivity index (χ0n) is 9.39. The molecule has 0 N–H and O–H groups in total. The van der Waals surface area contributed by atoms with Gasteiger partial charge >= 0.3 is 0 Å². The van der Waals surface area contributed by atoms with E-state index in [1.165, 1.54) is 6.42 Å². The summed E-state index contributed by atoms with van der Waals surface area (Å²) >= 11 is 4.96. The second kappa shape index (κ2) is 4.71. The topological polar surface area (TPSA) is 29.5 Å². The summed E-state index contributed by atoms with van der Waals surface area (Å²) in [6.45, 7) is 1.41. The van der Waals surface area contributed by atoms with E-state index in [0.717, 1.165) is 28.7 Å². The Morgan fingerprint density at radius 2 is 2.41 bits per heavy atom. The molecule has 0 unspecified atom stereocenters. The van der Waals surface area contributed by atoms with E-state index in [1.807, 2.05) is 16.3 Å². The van der Waals surface area contributed by atoms with Crippen LogP contribution in [0.25, 0.3) is 0 Å². The Balaban J connectivity index is 1.81. The van der Waals surface area contributed by atoms with Crippen molar-refractivity contribution >= 4 is 33.2 Å². The Bertz CT molecular complexity index is 434. The van der Waals surface area contributed by atoms with Crippen LogP contribution in [0, 0.1) is 0 Å². The Morgan fingerprint density at radius 1 is 1.53 bits per heavy atom. The number of morpholine rings is 1. The predicted molar refractivity (Wildman–Crippen MR) is 70.4 cm³/mol. The number of rotatable bonds is 1. The highest BCUT2D eigenvalue weighted by atomic mass is 79.9. The summed E-state index contributed by atoms with van der Waals surface area (Å²) < 4.78 is 6.73. The summed E-state index contributed by atoms with van der Waals surface area (Å²) in [7, 11) is 0. The van der Waals surface area contributed by atoms with Crippen molar-refractivity contribution in [1.82, 2.24) is 4.90 Å². The molecule has 1 aromatic rings. The number of halogens is 1. The highest BCUT2D eigenvalue weighted by Gasteiger charge is 2.38. The average Bonchev–Trinajstić information content (AvgIpc) is 2.95. The van der Waals surface area contributed by atoms with E-state index in [-0.39, 0.29) is 12.0 Å². The summed E-state index contributed by atoms with van der Waals surface area (Å²) in [6.07, 6.45) is 3.63. The largest absolute Gasteiger partial charge is 0.374 e. The van der Waals surface area contributed by atoms with Gasteiger partial charge in [0, 0.05) is 11.9 Å². The SMILES string of the molecule is O=C(c1csc(Br)c1)N1CCO[C@@H]2CCC[C@@H]21. The third kappa shape index (κ3) is 2.16. The van der Waals surface area contributed by atoms with Crippen molar-refractivity contribution in [3.63, 3.8) is 0 Å². The lowest BCUT2D eigenvalue weighted by atomic mass is 10.1. The highest BCUT2D eigenvalue weighted by molar-refractivity contribution is 9.11. The lowest BCUT2D eigenvalue weighted by Gasteiger charge is -2.37. The third-order valence-corrected chi connectivity index (χ3v) is 5.06. The quantitative estimate of drug-likeness (QED) is 0.797. The fraction of sp³-hybridized carbons (Fsp3) is 0.583. The Labute approximate surface area is 113 Å². The first kappa shape index (κ1) is 11.7. The lowest BCUT2D eigenvalue weighted by molar-refractivity contribution is -0.0445. The molecule has 1 saturated heterocycles. The molecule has 3 nitrogen and oxygen atoms in total. The molecule has 0 aromatic carbocycles. The van der Waals surface area contributed by atoms with Crippen LogP contribution in [0.4, 0.5) is 0 Å². The van der Waals surface area contributed by atoms with Gasteiger partial charge in [0.1, 0.15) is 0 Å². The number of nitrogens with zero attached hydrogens (tertiary/aromatic N) is 1. The van der Waals surface area contributed by atoms with E-state index >= 15 is 0 Å². The number of carbonyl (C=O) groups is 1. The summed E-state index contributed by atoms with van der Waals surface area (Å²) in [4.78, 5) is 14.4. The molecule has 0 radical (unpaired) electrons. The molecule has 0 spiro atoms. The summed E-state index contributed by atoms with van der Waals surface area (Å²) in [5.41, 5.74) is 0.800. The van der Waals surface area contributed by atoms with Crippen molar-refractivity contribution in [3.8, 4) is 0 Å². The standard InChI is InChI=1S/C12H14BrNO2S/c13-11-6-8(7-17-11)12(15)14-4-5-16-10-3-1-2-9(10)14/h6-7,9-10H,1-5H2/t9-,10+/m0/s1. The first-order valence-corrected chi connectivity index (χ1v) is 7.59. The van der Waals surface area contributed by atoms with Crippen molar-refractivity contribution in [1.29, 1.82) is 0 Å². The number of hydrogen-bond donors (Lipinski definition) is 0. The van der Waals surface area contributed by atoms with Crippen molar-refractivity contribution in [2.24, 2.45) is 0 Å². The van der Waals surface area contributed by atoms with E-state index in [4.69, 9.17) is 4.74 Å². The number of thiophene rings is 1. The first-order valence-electron chi connectivity index (χ1n) is 5.92. The molecule has 1 amide bonds. The number of amides is 1. The van der Waals surface area contributed by atoms with Crippen LogP contribution in [0.5, 0.6) is 0 Å². The van der Waals surface area contributed by atoms with Crippen molar-refractivity contribution in [2.75, 3.05) is 13.2 Å². The summed E-state index contributed by atoms with van der Waals surface area (Å²) in [5, 5.41) is 1.92. The van der Waals surface area contributed by atoms with Crippen molar-refractivity contribution in [3.05, 3.63) is 20.8 Å². The van der Waals surface area contributed by atoms with Gasteiger partial charge in [-0.3, -0.25) is 4.79 Å². The molecule has 2 aliphatic rings. The molecule has 2 fully saturated rings. The van der Waals surface area contributed by atoms with Crippen molar-refractivity contribution < 1.29 is 9.53 Å².